The Morgan fingerprint density at radius 3 is 2.22 bits per heavy atom. The second kappa shape index (κ2) is 13.7. The number of morpholine rings is 1. The number of rotatable bonds is 9. The third-order valence-corrected chi connectivity index (χ3v) is 6.54. The van der Waals surface area contributed by atoms with Crippen molar-refractivity contribution in [3.05, 3.63) is 48.0 Å². The van der Waals surface area contributed by atoms with E-state index in [9.17, 15) is 9.90 Å². The van der Waals surface area contributed by atoms with E-state index in [1.165, 1.54) is 24.8 Å². The topological polar surface area (TPSA) is 85.1 Å². The molecule has 2 aromatic carbocycles. The Kier molecular flexibility index (Phi) is 10.6. The van der Waals surface area contributed by atoms with E-state index >= 15 is 0 Å². The minimum absolute atomic E-state index is 0. The lowest BCUT2D eigenvalue weighted by atomic mass is 10.1. The number of nitrogens with one attached hydrogen (secondary N) is 1. The highest BCUT2D eigenvalue weighted by molar-refractivity contribution is 5.95. The number of carbonyl (C=O) groups is 1. The molecule has 2 saturated heterocycles. The van der Waals surface area contributed by atoms with Crippen LogP contribution < -0.4 is 31.5 Å². The summed E-state index contributed by atoms with van der Waals surface area (Å²) in [5.74, 6) is 1.07. The molecule has 4 rings (SSSR count). The van der Waals surface area contributed by atoms with Crippen molar-refractivity contribution in [2.45, 2.75) is 6.10 Å². The highest BCUT2D eigenvalue weighted by atomic mass is 35.5. The summed E-state index contributed by atoms with van der Waals surface area (Å²) < 4.78 is 22.3. The summed E-state index contributed by atoms with van der Waals surface area (Å²) in [7, 11) is 3.05. The zero-order valence-electron chi connectivity index (χ0n) is 21.0. The van der Waals surface area contributed by atoms with E-state index in [1.807, 2.05) is 6.07 Å². The van der Waals surface area contributed by atoms with Gasteiger partial charge in [-0.15, -0.1) is 0 Å². The monoisotopic (exact) mass is 521 g/mol. The predicted octanol–water partition coefficient (Wildman–Crippen LogP) is -2.55. The van der Waals surface area contributed by atoms with Gasteiger partial charge in [-0.05, 0) is 24.3 Å². The molecule has 2 aliphatic rings. The average Bonchev–Trinajstić information content (AvgIpc) is 2.92. The number of carbonyl (C=O) groups excluding carboxylic acids is 1. The quantitative estimate of drug-likeness (QED) is 0.376. The molecule has 2 aliphatic heterocycles. The van der Waals surface area contributed by atoms with E-state index in [0.29, 0.717) is 55.7 Å². The zero-order valence-corrected chi connectivity index (χ0v) is 21.7. The molecule has 0 aromatic heterocycles. The van der Waals surface area contributed by atoms with Crippen molar-refractivity contribution in [2.75, 3.05) is 79.9 Å². The van der Waals surface area contributed by atoms with E-state index in [-0.39, 0.29) is 24.9 Å². The Bertz CT molecular complexity index is 940. The van der Waals surface area contributed by atoms with Crippen LogP contribution in [0.5, 0.6) is 17.2 Å². The number of amides is 1. The van der Waals surface area contributed by atoms with Crippen LogP contribution >= 0.6 is 0 Å². The lowest BCUT2D eigenvalue weighted by Crippen LogP contribution is -3.10. The number of aliphatic hydroxyl groups excluding tert-OH is 1. The number of benzene rings is 2. The van der Waals surface area contributed by atoms with Crippen LogP contribution in [0.15, 0.2) is 42.5 Å². The molecule has 0 spiro atoms. The van der Waals surface area contributed by atoms with Crippen LogP contribution in [0, 0.1) is 0 Å². The summed E-state index contributed by atoms with van der Waals surface area (Å²) in [5, 5.41) is 10.7. The molecule has 1 atom stereocenters. The van der Waals surface area contributed by atoms with Crippen LogP contribution in [0.4, 0.5) is 5.69 Å². The van der Waals surface area contributed by atoms with Crippen molar-refractivity contribution in [3.8, 4) is 17.2 Å². The summed E-state index contributed by atoms with van der Waals surface area (Å²) in [6, 6.07) is 13.8. The van der Waals surface area contributed by atoms with Crippen LogP contribution in [-0.4, -0.2) is 107 Å². The average molecular weight is 522 g/mol. The van der Waals surface area contributed by atoms with E-state index in [0.717, 1.165) is 26.2 Å². The molecule has 2 fully saturated rings. The molecule has 2 N–H and O–H groups in total. The summed E-state index contributed by atoms with van der Waals surface area (Å²) >= 11 is 0. The highest BCUT2D eigenvalue weighted by Crippen LogP contribution is 2.39. The van der Waals surface area contributed by atoms with Crippen molar-refractivity contribution in [1.82, 2.24) is 9.80 Å². The largest absolute Gasteiger partial charge is 1.00 e. The number of hydrogen-bond donors (Lipinski definition) is 2. The maximum Gasteiger partial charge on any atom is 0.254 e. The summed E-state index contributed by atoms with van der Waals surface area (Å²) in [6.07, 6.45) is -0.669. The third-order valence-electron chi connectivity index (χ3n) is 6.54. The first-order valence-corrected chi connectivity index (χ1v) is 12.2. The van der Waals surface area contributed by atoms with Gasteiger partial charge in [-0.25, -0.2) is 0 Å². The van der Waals surface area contributed by atoms with Gasteiger partial charge in [0.2, 0.25) is 5.75 Å². The standard InChI is InChI=1S/C26H35N3O6.ClH/c1-32-23-16-20(26(31)29-12-14-34-15-13-29)17-24(33-2)25(23)35-19-22(30)18-27-8-10-28(11-9-27)21-6-4-3-5-7-21;/h3-7,16-17,22,30H,8-15,18-19H2,1-2H3;1H. The molecule has 0 aliphatic carbocycles. The smallest absolute Gasteiger partial charge is 0.254 e. The molecule has 1 amide bonds. The summed E-state index contributed by atoms with van der Waals surface area (Å²) in [5.41, 5.74) is 1.78. The molecule has 0 saturated carbocycles. The molecular weight excluding hydrogens is 486 g/mol. The van der Waals surface area contributed by atoms with Crippen LogP contribution in [0.1, 0.15) is 10.4 Å². The van der Waals surface area contributed by atoms with Gasteiger partial charge in [-0.1, -0.05) is 18.2 Å². The van der Waals surface area contributed by atoms with E-state index in [1.54, 1.807) is 17.0 Å². The first-order chi connectivity index (χ1) is 17.1. The molecular formula is C26H36ClN3O6. The van der Waals surface area contributed by atoms with Crippen molar-refractivity contribution in [1.29, 1.82) is 0 Å². The Balaban J connectivity index is 0.00000361. The van der Waals surface area contributed by atoms with E-state index in [2.05, 4.69) is 29.2 Å². The lowest BCUT2D eigenvalue weighted by Gasteiger charge is -2.33. The first kappa shape index (κ1) is 28.0. The number of halogens is 1. The number of quaternary nitrogens is 1. The minimum atomic E-state index is -0.669. The molecule has 36 heavy (non-hydrogen) atoms. The fourth-order valence-electron chi connectivity index (χ4n) is 4.59. The second-order valence-electron chi connectivity index (χ2n) is 8.85. The van der Waals surface area contributed by atoms with Gasteiger partial charge in [0, 0.05) is 38.3 Å². The van der Waals surface area contributed by atoms with Crippen molar-refractivity contribution >= 4 is 11.6 Å². The molecule has 9 nitrogen and oxygen atoms in total. The molecule has 10 heteroatoms. The van der Waals surface area contributed by atoms with Crippen LogP contribution in [0.25, 0.3) is 0 Å². The number of methoxy groups -OCH3 is 2. The Labute approximate surface area is 218 Å². The summed E-state index contributed by atoms with van der Waals surface area (Å²) in [6.45, 7) is 6.59. The number of para-hydroxylation sites is 1. The van der Waals surface area contributed by atoms with Gasteiger partial charge < -0.3 is 46.3 Å². The number of nitrogens with zero attached hydrogens (tertiary/aromatic N) is 2. The number of piperazine rings is 1. The fraction of sp³-hybridized carbons (Fsp3) is 0.500. The number of ether oxygens (including phenoxy) is 4. The first-order valence-electron chi connectivity index (χ1n) is 12.2. The third kappa shape index (κ3) is 7.02. The van der Waals surface area contributed by atoms with E-state index in [4.69, 9.17) is 18.9 Å². The van der Waals surface area contributed by atoms with Gasteiger partial charge >= 0.3 is 0 Å². The Morgan fingerprint density at radius 2 is 1.64 bits per heavy atom. The normalized spacial score (nSPS) is 17.7. The van der Waals surface area contributed by atoms with Crippen molar-refractivity contribution in [2.24, 2.45) is 0 Å². The van der Waals surface area contributed by atoms with E-state index < -0.39 is 6.10 Å². The molecule has 198 valence electrons. The van der Waals surface area contributed by atoms with Gasteiger partial charge in [-0.2, -0.15) is 0 Å². The van der Waals surface area contributed by atoms with Crippen molar-refractivity contribution < 1.29 is 46.2 Å². The SMILES string of the molecule is COc1cc(C(=O)N2CCOCC2)cc(OC)c1OCC(O)CN1CC[NH+](c2ccccc2)CC1.[Cl-]. The van der Waals surface area contributed by atoms with Crippen LogP contribution in [-0.2, 0) is 4.74 Å². The Hall–Kier alpha value is -2.56. The Morgan fingerprint density at radius 1 is 1.03 bits per heavy atom. The van der Waals surface area contributed by atoms with Gasteiger partial charge in [0.15, 0.2) is 11.5 Å². The lowest BCUT2D eigenvalue weighted by molar-refractivity contribution is -0.838. The molecule has 0 radical (unpaired) electrons. The maximum atomic E-state index is 12.9. The zero-order chi connectivity index (χ0) is 24.6. The molecule has 0 bridgehead atoms. The summed E-state index contributed by atoms with van der Waals surface area (Å²) in [4.78, 5) is 18.4. The number of hydrogen-bond acceptors (Lipinski definition) is 7. The van der Waals surface area contributed by atoms with Crippen LogP contribution in [0.3, 0.4) is 0 Å². The molecule has 2 aromatic rings. The number of aliphatic hydroxyl groups is 1. The highest BCUT2D eigenvalue weighted by Gasteiger charge is 2.25. The van der Waals surface area contributed by atoms with Gasteiger partial charge in [0.05, 0.1) is 40.5 Å². The fourth-order valence-corrected chi connectivity index (χ4v) is 4.59. The number of β-amino-alcohol motifs (C(OH)–C–C–N with tert-alkyl or cyclic N) is 1. The molecule has 1 unspecified atom stereocenters. The predicted molar refractivity (Wildman–Crippen MR) is 131 cm³/mol. The minimum Gasteiger partial charge on any atom is -1.00 e. The van der Waals surface area contributed by atoms with Crippen molar-refractivity contribution in [3.63, 3.8) is 0 Å². The second-order valence-corrected chi connectivity index (χ2v) is 8.85. The molecule has 2 heterocycles. The van der Waals surface area contributed by atoms with Crippen LogP contribution in [0.2, 0.25) is 0 Å². The van der Waals surface area contributed by atoms with Gasteiger partial charge in [-0.3, -0.25) is 9.69 Å². The maximum absolute atomic E-state index is 12.9. The van der Waals surface area contributed by atoms with Gasteiger partial charge in [0.1, 0.15) is 18.4 Å². The van der Waals surface area contributed by atoms with Gasteiger partial charge in [0.25, 0.3) is 5.91 Å².